The zero-order valence-corrected chi connectivity index (χ0v) is 8.76. The first-order valence-electron chi connectivity index (χ1n) is 4.52. The van der Waals surface area contributed by atoms with Crippen molar-refractivity contribution >= 4 is 11.8 Å². The van der Waals surface area contributed by atoms with Crippen LogP contribution in [0.3, 0.4) is 0 Å². The van der Waals surface area contributed by atoms with Crippen molar-refractivity contribution in [3.05, 3.63) is 29.6 Å². The molecule has 0 aliphatic carbocycles. The fourth-order valence-electron chi connectivity index (χ4n) is 1.17. The number of nitrogens with zero attached hydrogens (tertiary/aromatic N) is 1. The Morgan fingerprint density at radius 2 is 1.81 bits per heavy atom. The van der Waals surface area contributed by atoms with Crippen LogP contribution in [0.1, 0.15) is 6.92 Å². The molecule has 0 saturated carbocycles. The molecular formula is C10H10F3NO2. The summed E-state index contributed by atoms with van der Waals surface area (Å²) in [5.41, 5.74) is -0.639. The van der Waals surface area contributed by atoms with Crippen molar-refractivity contribution in [2.45, 2.75) is 6.92 Å². The number of halogens is 3. The molecule has 0 unspecified atom stereocenters. The maximum absolute atomic E-state index is 13.2. The van der Waals surface area contributed by atoms with E-state index in [2.05, 4.69) is 4.74 Å². The Labute approximate surface area is 90.4 Å². The summed E-state index contributed by atoms with van der Waals surface area (Å²) in [5.74, 6) is -3.36. The molecule has 0 fully saturated rings. The van der Waals surface area contributed by atoms with E-state index in [1.807, 2.05) is 0 Å². The van der Waals surface area contributed by atoms with Gasteiger partial charge in [-0.05, 0) is 6.92 Å². The van der Waals surface area contributed by atoms with E-state index in [9.17, 15) is 18.0 Å². The average Bonchev–Trinajstić information content (AvgIpc) is 2.16. The molecule has 3 nitrogen and oxygen atoms in total. The van der Waals surface area contributed by atoms with Crippen LogP contribution in [0.2, 0.25) is 0 Å². The first kappa shape index (κ1) is 12.4. The Balaban J connectivity index is 3.08. The third-order valence-electron chi connectivity index (χ3n) is 1.86. The van der Waals surface area contributed by atoms with Crippen LogP contribution < -0.4 is 4.90 Å². The van der Waals surface area contributed by atoms with Crippen LogP contribution >= 0.6 is 0 Å². The summed E-state index contributed by atoms with van der Waals surface area (Å²) < 4.78 is 43.6. The molecule has 1 amide bonds. The normalized spacial score (nSPS) is 10.1. The number of anilines is 1. The molecule has 0 bridgehead atoms. The van der Waals surface area contributed by atoms with Crippen molar-refractivity contribution in [1.82, 2.24) is 0 Å². The number of amides is 1. The van der Waals surface area contributed by atoms with E-state index >= 15 is 0 Å². The van der Waals surface area contributed by atoms with Crippen molar-refractivity contribution in [1.29, 1.82) is 0 Å². The van der Waals surface area contributed by atoms with Gasteiger partial charge in [0.05, 0.1) is 6.61 Å². The lowest BCUT2D eigenvalue weighted by Crippen LogP contribution is -2.28. The van der Waals surface area contributed by atoms with Crippen LogP contribution in [0, 0.1) is 17.5 Å². The van der Waals surface area contributed by atoms with Crippen molar-refractivity contribution in [2.75, 3.05) is 18.6 Å². The van der Waals surface area contributed by atoms with Gasteiger partial charge in [-0.3, -0.25) is 4.90 Å². The predicted octanol–water partition coefficient (Wildman–Crippen LogP) is 2.70. The minimum Gasteiger partial charge on any atom is -0.449 e. The van der Waals surface area contributed by atoms with Gasteiger partial charge in [-0.15, -0.1) is 0 Å². The molecule has 0 spiro atoms. The first-order valence-corrected chi connectivity index (χ1v) is 4.52. The van der Waals surface area contributed by atoms with Gasteiger partial charge >= 0.3 is 6.09 Å². The molecule has 0 heterocycles. The van der Waals surface area contributed by atoms with Gasteiger partial charge < -0.3 is 4.74 Å². The molecule has 0 aliphatic heterocycles. The van der Waals surface area contributed by atoms with Crippen molar-refractivity contribution in [3.63, 3.8) is 0 Å². The molecule has 88 valence electrons. The maximum atomic E-state index is 13.2. The van der Waals surface area contributed by atoms with Gasteiger partial charge in [0.1, 0.15) is 11.5 Å². The van der Waals surface area contributed by atoms with Crippen LogP contribution in [-0.4, -0.2) is 19.7 Å². The van der Waals surface area contributed by atoms with E-state index in [4.69, 9.17) is 0 Å². The molecule has 0 atom stereocenters. The summed E-state index contributed by atoms with van der Waals surface area (Å²) in [5, 5.41) is 0. The average molecular weight is 233 g/mol. The number of carbonyl (C=O) groups is 1. The zero-order valence-electron chi connectivity index (χ0n) is 8.76. The second-order valence-corrected chi connectivity index (χ2v) is 2.98. The quantitative estimate of drug-likeness (QED) is 0.786. The Morgan fingerprint density at radius 1 is 1.31 bits per heavy atom. The van der Waals surface area contributed by atoms with Crippen molar-refractivity contribution in [2.24, 2.45) is 0 Å². The van der Waals surface area contributed by atoms with Crippen LogP contribution in [0.15, 0.2) is 12.1 Å². The van der Waals surface area contributed by atoms with E-state index in [1.165, 1.54) is 0 Å². The number of ether oxygens (including phenoxy) is 1. The summed E-state index contributed by atoms with van der Waals surface area (Å²) in [4.78, 5) is 11.9. The lowest BCUT2D eigenvalue weighted by atomic mass is 10.2. The van der Waals surface area contributed by atoms with Crippen LogP contribution in [0.5, 0.6) is 0 Å². The number of carbonyl (C=O) groups excluding carboxylic acids is 1. The summed E-state index contributed by atoms with van der Waals surface area (Å²) in [7, 11) is 1.14. The topological polar surface area (TPSA) is 29.5 Å². The molecule has 1 aromatic carbocycles. The molecule has 1 rings (SSSR count). The molecule has 0 radical (unpaired) electrons. The lowest BCUT2D eigenvalue weighted by Gasteiger charge is -2.17. The Hall–Kier alpha value is -1.72. The highest BCUT2D eigenvalue weighted by atomic mass is 19.1. The fourth-order valence-corrected chi connectivity index (χ4v) is 1.17. The molecule has 0 aliphatic rings. The Morgan fingerprint density at radius 3 is 2.25 bits per heavy atom. The van der Waals surface area contributed by atoms with E-state index in [0.717, 1.165) is 7.05 Å². The SMILES string of the molecule is CCOC(=O)N(C)c1c(F)cc(F)cc1F. The second kappa shape index (κ2) is 4.87. The number of hydrogen-bond donors (Lipinski definition) is 0. The van der Waals surface area contributed by atoms with Gasteiger partial charge in [0, 0.05) is 19.2 Å². The maximum Gasteiger partial charge on any atom is 0.414 e. The molecule has 16 heavy (non-hydrogen) atoms. The van der Waals surface area contributed by atoms with Gasteiger partial charge in [0.2, 0.25) is 0 Å². The smallest absolute Gasteiger partial charge is 0.414 e. The third-order valence-corrected chi connectivity index (χ3v) is 1.86. The highest BCUT2D eigenvalue weighted by Crippen LogP contribution is 2.23. The molecule has 0 aromatic heterocycles. The van der Waals surface area contributed by atoms with Crippen molar-refractivity contribution < 1.29 is 22.7 Å². The molecule has 1 aromatic rings. The van der Waals surface area contributed by atoms with E-state index < -0.39 is 29.2 Å². The Bertz CT molecular complexity index is 386. The summed E-state index contributed by atoms with van der Waals surface area (Å²) in [6.45, 7) is 1.64. The van der Waals surface area contributed by atoms with Crippen LogP contribution in [0.25, 0.3) is 0 Å². The summed E-state index contributed by atoms with van der Waals surface area (Å²) in [6, 6.07) is 0.988. The van der Waals surface area contributed by atoms with Gasteiger partial charge in [0.25, 0.3) is 0 Å². The molecule has 0 N–H and O–H groups in total. The lowest BCUT2D eigenvalue weighted by molar-refractivity contribution is 0.161. The molecular weight excluding hydrogens is 223 g/mol. The van der Waals surface area contributed by atoms with Gasteiger partial charge in [-0.2, -0.15) is 0 Å². The Kier molecular flexibility index (Phi) is 3.76. The number of benzene rings is 1. The third kappa shape index (κ3) is 2.44. The van der Waals surface area contributed by atoms with E-state index in [1.54, 1.807) is 6.92 Å². The summed E-state index contributed by atoms with van der Waals surface area (Å²) >= 11 is 0. The largest absolute Gasteiger partial charge is 0.449 e. The standard InChI is InChI=1S/C10H10F3NO2/c1-3-16-10(15)14(2)9-7(12)4-6(11)5-8(9)13/h4-5H,3H2,1-2H3. The fraction of sp³-hybridized carbons (Fsp3) is 0.300. The summed E-state index contributed by atoms with van der Waals surface area (Å²) in [6.07, 6.45) is -0.910. The van der Waals surface area contributed by atoms with Gasteiger partial charge in [-0.25, -0.2) is 18.0 Å². The zero-order chi connectivity index (χ0) is 12.3. The first-order chi connectivity index (χ1) is 7.47. The van der Waals surface area contributed by atoms with Crippen LogP contribution in [-0.2, 0) is 4.74 Å². The highest BCUT2D eigenvalue weighted by Gasteiger charge is 2.21. The highest BCUT2D eigenvalue weighted by molar-refractivity contribution is 5.87. The van der Waals surface area contributed by atoms with E-state index in [-0.39, 0.29) is 6.61 Å². The number of hydrogen-bond acceptors (Lipinski definition) is 2. The van der Waals surface area contributed by atoms with Crippen molar-refractivity contribution in [3.8, 4) is 0 Å². The second-order valence-electron chi connectivity index (χ2n) is 2.98. The molecule has 6 heteroatoms. The number of rotatable bonds is 2. The van der Waals surface area contributed by atoms with Gasteiger partial charge in [-0.1, -0.05) is 0 Å². The van der Waals surface area contributed by atoms with Crippen LogP contribution in [0.4, 0.5) is 23.7 Å². The molecule has 0 saturated heterocycles. The van der Waals surface area contributed by atoms with Gasteiger partial charge in [0.15, 0.2) is 11.6 Å². The minimum absolute atomic E-state index is 0.0770. The van der Waals surface area contributed by atoms with E-state index in [0.29, 0.717) is 17.0 Å². The predicted molar refractivity (Wildman–Crippen MR) is 51.7 cm³/mol. The monoisotopic (exact) mass is 233 g/mol. The minimum atomic E-state index is -1.16.